The zero-order valence-electron chi connectivity index (χ0n) is 35.1. The number of unbranched alkanes of at least 4 members (excludes halogenated alkanes) is 14. The lowest BCUT2D eigenvalue weighted by Gasteiger charge is -2.36. The fraction of sp³-hybridized carbons (Fsp3) is 0.814. The first-order valence-electron chi connectivity index (χ1n) is 21.9. The lowest BCUT2D eigenvalue weighted by Crippen LogP contribution is -2.43. The van der Waals surface area contributed by atoms with Crippen LogP contribution in [0.2, 0.25) is 0 Å². The molecule has 0 aromatic heterocycles. The number of phosphoric ester groups is 1. The summed E-state index contributed by atoms with van der Waals surface area (Å²) in [7, 11) is -4.45. The Morgan fingerprint density at radius 3 is 2.07 bits per heavy atom. The molecule has 1 heterocycles. The number of phosphoric acid groups is 1. The first kappa shape index (κ1) is 53.1. The van der Waals surface area contributed by atoms with Crippen LogP contribution in [0.25, 0.3) is 0 Å². The molecule has 0 amide bonds. The SMILES string of the molecule is CCCCCCCC/C=C\CCCCCCCC(=O)O[C@H](COC(=O)CCC/C=C\C[C@H]1[C@@H](O)CC(O)O[C@@H]1/C=C/[C@@H](O)CCCCC)COP(=O)(O)OCCN. The third-order valence-electron chi connectivity index (χ3n) is 9.79. The Balaban J connectivity index is 2.45. The van der Waals surface area contributed by atoms with E-state index in [0.29, 0.717) is 32.1 Å². The second-order valence-electron chi connectivity index (χ2n) is 15.1. The van der Waals surface area contributed by atoms with E-state index in [1.165, 1.54) is 38.5 Å². The lowest BCUT2D eigenvalue weighted by molar-refractivity contribution is -0.199. The summed E-state index contributed by atoms with van der Waals surface area (Å²) < 4.78 is 38.4. The van der Waals surface area contributed by atoms with Crippen LogP contribution in [0.1, 0.15) is 162 Å². The topological polar surface area (TPSA) is 204 Å². The highest BCUT2D eigenvalue weighted by Crippen LogP contribution is 2.43. The molecule has 6 N–H and O–H groups in total. The van der Waals surface area contributed by atoms with Gasteiger partial charge in [0.15, 0.2) is 12.4 Å². The van der Waals surface area contributed by atoms with Crippen molar-refractivity contribution in [3.63, 3.8) is 0 Å². The molecule has 14 heteroatoms. The molecule has 1 aliphatic heterocycles. The van der Waals surface area contributed by atoms with Gasteiger partial charge in [0, 0.05) is 31.7 Å². The van der Waals surface area contributed by atoms with Gasteiger partial charge in [0.1, 0.15) is 6.61 Å². The van der Waals surface area contributed by atoms with Crippen molar-refractivity contribution in [1.29, 1.82) is 0 Å². The lowest BCUT2D eigenvalue weighted by atomic mass is 9.87. The molecule has 7 atom stereocenters. The molecule has 1 aliphatic rings. The monoisotopic (exact) mass is 832 g/mol. The average molecular weight is 832 g/mol. The summed E-state index contributed by atoms with van der Waals surface area (Å²) in [5.74, 6) is -1.34. The molecule has 332 valence electrons. The molecule has 0 aliphatic carbocycles. The van der Waals surface area contributed by atoms with Gasteiger partial charge in [0.2, 0.25) is 0 Å². The molecule has 1 rings (SSSR count). The smallest absolute Gasteiger partial charge is 0.462 e. The number of hydrogen-bond donors (Lipinski definition) is 5. The van der Waals surface area contributed by atoms with Crippen LogP contribution < -0.4 is 5.73 Å². The van der Waals surface area contributed by atoms with Gasteiger partial charge in [-0.1, -0.05) is 121 Å². The van der Waals surface area contributed by atoms with Crippen LogP contribution in [0.15, 0.2) is 36.5 Å². The van der Waals surface area contributed by atoms with Gasteiger partial charge in [-0.05, 0) is 57.8 Å². The number of carbonyl (C=O) groups is 2. The maximum absolute atomic E-state index is 12.6. The van der Waals surface area contributed by atoms with E-state index < -0.39 is 57.1 Å². The Bertz CT molecular complexity index is 1150. The number of hydrogen-bond acceptors (Lipinski definition) is 12. The minimum Gasteiger partial charge on any atom is -0.462 e. The Morgan fingerprint density at radius 2 is 1.39 bits per heavy atom. The fourth-order valence-electron chi connectivity index (χ4n) is 6.43. The predicted octanol–water partition coefficient (Wildman–Crippen LogP) is 8.27. The van der Waals surface area contributed by atoms with Gasteiger partial charge in [-0.15, -0.1) is 0 Å². The minimum atomic E-state index is -4.45. The van der Waals surface area contributed by atoms with E-state index in [0.717, 1.165) is 57.8 Å². The normalized spacial score (nSPS) is 21.0. The number of aliphatic hydroxyl groups excluding tert-OH is 3. The van der Waals surface area contributed by atoms with E-state index in [4.69, 9.17) is 29.0 Å². The predicted molar refractivity (Wildman–Crippen MR) is 223 cm³/mol. The van der Waals surface area contributed by atoms with E-state index >= 15 is 0 Å². The first-order valence-corrected chi connectivity index (χ1v) is 23.4. The number of allylic oxidation sites excluding steroid dienone is 4. The molecule has 0 bridgehead atoms. The largest absolute Gasteiger partial charge is 0.472 e. The fourth-order valence-corrected chi connectivity index (χ4v) is 7.20. The second-order valence-corrected chi connectivity index (χ2v) is 16.5. The van der Waals surface area contributed by atoms with Crippen LogP contribution in [0, 0.1) is 5.92 Å². The summed E-state index contributed by atoms with van der Waals surface area (Å²) in [6.07, 6.45) is 27.9. The van der Waals surface area contributed by atoms with Crippen LogP contribution in [0.3, 0.4) is 0 Å². The van der Waals surface area contributed by atoms with Crippen molar-refractivity contribution in [2.24, 2.45) is 11.7 Å². The summed E-state index contributed by atoms with van der Waals surface area (Å²) in [6, 6.07) is 0. The molecular formula is C43H78NO12P. The van der Waals surface area contributed by atoms with Crippen LogP contribution in [0.4, 0.5) is 0 Å². The number of rotatable bonds is 36. The van der Waals surface area contributed by atoms with E-state index in [9.17, 15) is 34.4 Å². The van der Waals surface area contributed by atoms with Gasteiger partial charge in [-0.25, -0.2) is 4.57 Å². The molecule has 1 saturated heterocycles. The van der Waals surface area contributed by atoms with E-state index in [-0.39, 0.29) is 44.9 Å². The van der Waals surface area contributed by atoms with Crippen molar-refractivity contribution in [3.8, 4) is 0 Å². The highest BCUT2D eigenvalue weighted by atomic mass is 31.2. The van der Waals surface area contributed by atoms with Gasteiger partial charge in [0.25, 0.3) is 0 Å². The Hall–Kier alpha value is -1.93. The summed E-state index contributed by atoms with van der Waals surface area (Å²) in [6.45, 7) is 3.29. The third-order valence-corrected chi connectivity index (χ3v) is 10.8. The highest BCUT2D eigenvalue weighted by molar-refractivity contribution is 7.47. The molecule has 1 fully saturated rings. The van der Waals surface area contributed by atoms with Crippen LogP contribution in [0.5, 0.6) is 0 Å². The standard InChI is InChI=1S/C43H78NO12P/c1-3-5-7-8-9-10-11-12-13-14-15-16-17-18-24-28-42(48)55-37(35-54-57(50,51)53-32-31-44)34-52-41(47)27-23-20-19-22-26-38-39(46)33-43(49)56-40(38)30-29-36(45)25-21-6-4-2/h12-13,19,22,29-30,36-40,43,45-46,49H,3-11,14-18,20-21,23-28,31-35,44H2,1-2H3,(H,50,51)/b13-12-,22-19-,30-29+/t36-,37+,38-,39-,40+,43?/m0/s1. The first-order chi connectivity index (χ1) is 27.5. The van der Waals surface area contributed by atoms with Crippen molar-refractivity contribution in [1.82, 2.24) is 0 Å². The highest BCUT2D eigenvalue weighted by Gasteiger charge is 2.35. The maximum Gasteiger partial charge on any atom is 0.472 e. The van der Waals surface area contributed by atoms with Crippen molar-refractivity contribution in [3.05, 3.63) is 36.5 Å². The molecule has 0 spiro atoms. The molecule has 13 nitrogen and oxygen atoms in total. The number of ether oxygens (including phenoxy) is 3. The van der Waals surface area contributed by atoms with E-state index in [2.05, 4.69) is 26.0 Å². The summed E-state index contributed by atoms with van der Waals surface area (Å²) in [5, 5.41) is 30.9. The van der Waals surface area contributed by atoms with Crippen LogP contribution in [-0.2, 0) is 37.4 Å². The Kier molecular flexibility index (Phi) is 32.5. The molecule has 0 saturated carbocycles. The van der Waals surface area contributed by atoms with Crippen molar-refractivity contribution in [2.75, 3.05) is 26.4 Å². The number of carbonyl (C=O) groups excluding carboxylic acids is 2. The van der Waals surface area contributed by atoms with Crippen molar-refractivity contribution >= 4 is 19.8 Å². The van der Waals surface area contributed by atoms with Gasteiger partial charge in [-0.3, -0.25) is 18.6 Å². The average Bonchev–Trinajstić information content (AvgIpc) is 3.17. The zero-order valence-corrected chi connectivity index (χ0v) is 36.0. The van der Waals surface area contributed by atoms with E-state index in [1.54, 1.807) is 12.2 Å². The minimum absolute atomic E-state index is 0.0122. The van der Waals surface area contributed by atoms with Gasteiger partial charge < -0.3 is 40.2 Å². The summed E-state index contributed by atoms with van der Waals surface area (Å²) in [5.41, 5.74) is 5.34. The quantitative estimate of drug-likeness (QED) is 0.0175. The molecule has 0 radical (unpaired) electrons. The molecule has 0 aromatic carbocycles. The van der Waals surface area contributed by atoms with Crippen LogP contribution >= 0.6 is 7.82 Å². The summed E-state index contributed by atoms with van der Waals surface area (Å²) >= 11 is 0. The Morgan fingerprint density at radius 1 is 0.789 bits per heavy atom. The van der Waals surface area contributed by atoms with Gasteiger partial charge in [0.05, 0.1) is 31.5 Å². The van der Waals surface area contributed by atoms with Gasteiger partial charge in [-0.2, -0.15) is 0 Å². The zero-order chi connectivity index (χ0) is 42.0. The number of esters is 2. The number of aliphatic hydroxyl groups is 3. The van der Waals surface area contributed by atoms with E-state index in [1.807, 2.05) is 12.2 Å². The Labute approximate surface area is 343 Å². The molecule has 57 heavy (non-hydrogen) atoms. The third kappa shape index (κ3) is 29.9. The molecular weight excluding hydrogens is 753 g/mol. The summed E-state index contributed by atoms with van der Waals surface area (Å²) in [4.78, 5) is 35.1. The van der Waals surface area contributed by atoms with Crippen LogP contribution in [-0.4, -0.2) is 89.2 Å². The van der Waals surface area contributed by atoms with Gasteiger partial charge >= 0.3 is 19.8 Å². The second kappa shape index (κ2) is 34.9. The molecule has 2 unspecified atom stereocenters. The molecule has 0 aromatic rings. The van der Waals surface area contributed by atoms with Crippen molar-refractivity contribution < 1.29 is 57.6 Å². The maximum atomic E-state index is 12.6. The number of nitrogens with two attached hydrogens (primary N) is 1. The van der Waals surface area contributed by atoms with Crippen molar-refractivity contribution in [2.45, 2.75) is 192 Å².